The third-order valence-corrected chi connectivity index (χ3v) is 3.47. The number of carbonyl (C=O) groups excluding carboxylic acids is 1. The van der Waals surface area contributed by atoms with Crippen LogP contribution in [0.1, 0.15) is 10.4 Å². The molecule has 0 aliphatic carbocycles. The quantitative estimate of drug-likeness (QED) is 0.699. The third kappa shape index (κ3) is 3.98. The highest BCUT2D eigenvalue weighted by Gasteiger charge is 2.17. The van der Waals surface area contributed by atoms with Crippen LogP contribution >= 0.6 is 11.8 Å². The van der Waals surface area contributed by atoms with E-state index in [0.717, 1.165) is 0 Å². The van der Waals surface area contributed by atoms with Gasteiger partial charge in [0.15, 0.2) is 0 Å². The van der Waals surface area contributed by atoms with Gasteiger partial charge in [0, 0.05) is 17.5 Å². The van der Waals surface area contributed by atoms with E-state index < -0.39 is 13.0 Å². The van der Waals surface area contributed by atoms with Crippen molar-refractivity contribution in [1.29, 1.82) is 0 Å². The van der Waals surface area contributed by atoms with Crippen molar-refractivity contribution in [2.24, 2.45) is 5.10 Å². The molecule has 0 bridgehead atoms. The summed E-state index contributed by atoms with van der Waals surface area (Å²) in [6, 6.07) is 4.59. The Hall–Kier alpha value is -2.07. The molecular weight excluding hydrogens is 316 g/mol. The van der Waals surface area contributed by atoms with Crippen LogP contribution in [0.15, 0.2) is 28.2 Å². The molecule has 1 aliphatic rings. The summed E-state index contributed by atoms with van der Waals surface area (Å²) in [7, 11) is 1.67. The number of benzene rings is 1. The number of ether oxygens (including phenoxy) is 1. The number of thioether (sulfide) groups is 1. The van der Waals surface area contributed by atoms with E-state index in [4.69, 9.17) is 4.74 Å². The number of halogens is 2. The molecule has 0 spiro atoms. The molecule has 0 aromatic heterocycles. The minimum atomic E-state index is -2.55. The lowest BCUT2D eigenvalue weighted by molar-refractivity contribution is 0.0804. The molecule has 3 N–H and O–H groups in total. The Labute approximate surface area is 130 Å². The molecule has 0 atom stereocenters. The van der Waals surface area contributed by atoms with Crippen molar-refractivity contribution in [3.63, 3.8) is 0 Å². The van der Waals surface area contributed by atoms with Crippen LogP contribution < -0.4 is 21.1 Å². The number of hydrazine groups is 2. The average molecular weight is 331 g/mol. The second-order valence-electron chi connectivity index (χ2n) is 4.24. The summed E-state index contributed by atoms with van der Waals surface area (Å²) in [6.07, 6.45) is -0.775. The minimum Gasteiger partial charge on any atom is -0.486 e. The van der Waals surface area contributed by atoms with E-state index in [1.54, 1.807) is 19.4 Å². The fourth-order valence-corrected chi connectivity index (χ4v) is 2.22. The molecule has 7 nitrogen and oxygen atoms in total. The molecule has 1 aliphatic heterocycles. The number of nitrogens with one attached hydrogen (secondary N) is 3. The van der Waals surface area contributed by atoms with Gasteiger partial charge in [-0.15, -0.1) is 22.4 Å². The van der Waals surface area contributed by atoms with Gasteiger partial charge in [0.05, 0.1) is 0 Å². The SMILES string of the molecule is CSc1cc(C(=O)NC2=NNNN2C)ccc1OCC(F)F. The van der Waals surface area contributed by atoms with Crippen LogP contribution in [0.2, 0.25) is 0 Å². The van der Waals surface area contributed by atoms with Crippen LogP contribution in [0, 0.1) is 0 Å². The van der Waals surface area contributed by atoms with Crippen LogP contribution in [0.5, 0.6) is 5.75 Å². The van der Waals surface area contributed by atoms with E-state index in [-0.39, 0.29) is 5.91 Å². The summed E-state index contributed by atoms with van der Waals surface area (Å²) in [5.41, 5.74) is 5.52. The molecule has 1 aromatic carbocycles. The fraction of sp³-hybridized carbons (Fsp3) is 0.333. The monoisotopic (exact) mass is 331 g/mol. The van der Waals surface area contributed by atoms with E-state index in [1.165, 1.54) is 28.9 Å². The van der Waals surface area contributed by atoms with Gasteiger partial charge in [-0.2, -0.15) is 0 Å². The lowest BCUT2D eigenvalue weighted by Crippen LogP contribution is -2.45. The van der Waals surface area contributed by atoms with Crippen LogP contribution in [0.4, 0.5) is 8.78 Å². The maximum absolute atomic E-state index is 12.2. The summed E-state index contributed by atoms with van der Waals surface area (Å²) in [5, 5.41) is 7.93. The molecule has 0 saturated heterocycles. The predicted octanol–water partition coefficient (Wildman–Crippen LogP) is 1.01. The maximum atomic E-state index is 12.2. The number of hydrogen-bond acceptors (Lipinski definition) is 7. The van der Waals surface area contributed by atoms with Crippen molar-refractivity contribution in [2.45, 2.75) is 11.3 Å². The Morgan fingerprint density at radius 1 is 1.55 bits per heavy atom. The highest BCUT2D eigenvalue weighted by molar-refractivity contribution is 7.98. The first-order valence-electron chi connectivity index (χ1n) is 6.23. The molecule has 0 unspecified atom stereocenters. The summed E-state index contributed by atoms with van der Waals surface area (Å²) < 4.78 is 29.4. The molecule has 22 heavy (non-hydrogen) atoms. The van der Waals surface area contributed by atoms with E-state index >= 15 is 0 Å². The molecular formula is C12H15F2N5O2S. The number of carbonyl (C=O) groups is 1. The molecule has 0 saturated carbocycles. The zero-order valence-electron chi connectivity index (χ0n) is 11.9. The van der Waals surface area contributed by atoms with Crippen LogP contribution in [-0.4, -0.2) is 43.2 Å². The normalized spacial score (nSPS) is 13.9. The molecule has 10 heteroatoms. The van der Waals surface area contributed by atoms with Crippen LogP contribution in [0.25, 0.3) is 0 Å². The van der Waals surface area contributed by atoms with Gasteiger partial charge in [-0.3, -0.25) is 15.1 Å². The first kappa shape index (κ1) is 16.3. The minimum absolute atomic E-state index is 0.314. The van der Waals surface area contributed by atoms with Gasteiger partial charge < -0.3 is 4.74 Å². The molecule has 2 rings (SSSR count). The predicted molar refractivity (Wildman–Crippen MR) is 78.7 cm³/mol. The van der Waals surface area contributed by atoms with Crippen molar-refractivity contribution >= 4 is 23.6 Å². The molecule has 1 heterocycles. The second kappa shape index (κ2) is 7.27. The maximum Gasteiger partial charge on any atom is 0.272 e. The Kier molecular flexibility index (Phi) is 5.39. The van der Waals surface area contributed by atoms with Crippen LogP contribution in [0.3, 0.4) is 0 Å². The van der Waals surface area contributed by atoms with Crippen molar-refractivity contribution in [2.75, 3.05) is 19.9 Å². The highest BCUT2D eigenvalue weighted by Crippen LogP contribution is 2.29. The average Bonchev–Trinajstić information content (AvgIpc) is 2.90. The largest absolute Gasteiger partial charge is 0.486 e. The summed E-state index contributed by atoms with van der Waals surface area (Å²) in [4.78, 5) is 12.8. The number of hydrazone groups is 1. The zero-order chi connectivity index (χ0) is 16.1. The number of guanidine groups is 1. The summed E-state index contributed by atoms with van der Waals surface area (Å²) >= 11 is 1.31. The first-order chi connectivity index (χ1) is 10.5. The summed E-state index contributed by atoms with van der Waals surface area (Å²) in [6.45, 7) is -0.682. The molecule has 1 amide bonds. The summed E-state index contributed by atoms with van der Waals surface area (Å²) in [5.74, 6) is 0.267. The fourth-order valence-electron chi connectivity index (χ4n) is 1.65. The molecule has 120 valence electrons. The van der Waals surface area contributed by atoms with Crippen molar-refractivity contribution in [3.8, 4) is 5.75 Å². The lowest BCUT2D eigenvalue weighted by atomic mass is 10.2. The number of amides is 1. The van der Waals surface area contributed by atoms with Gasteiger partial charge in [-0.1, -0.05) is 0 Å². The van der Waals surface area contributed by atoms with Gasteiger partial charge in [-0.05, 0) is 24.5 Å². The Morgan fingerprint density at radius 2 is 2.32 bits per heavy atom. The molecule has 0 fully saturated rings. The number of alkyl halides is 2. The molecule has 0 radical (unpaired) electrons. The van der Waals surface area contributed by atoms with E-state index in [0.29, 0.717) is 22.2 Å². The van der Waals surface area contributed by atoms with Gasteiger partial charge >= 0.3 is 0 Å². The van der Waals surface area contributed by atoms with Crippen molar-refractivity contribution < 1.29 is 18.3 Å². The van der Waals surface area contributed by atoms with E-state index in [1.807, 2.05) is 0 Å². The standard InChI is InChI=1S/C12H15F2N5O2S/c1-19-12(16-17-18-19)15-11(20)7-3-4-8(9(5-7)22-2)21-6-10(13)14/h3-5,10,17-18H,6H2,1-2H3,(H,15,16,20). The highest BCUT2D eigenvalue weighted by atomic mass is 32.2. The van der Waals surface area contributed by atoms with Crippen molar-refractivity contribution in [1.82, 2.24) is 21.4 Å². The van der Waals surface area contributed by atoms with Crippen molar-refractivity contribution in [3.05, 3.63) is 23.8 Å². The second-order valence-corrected chi connectivity index (χ2v) is 5.09. The van der Waals surface area contributed by atoms with Gasteiger partial charge in [0.1, 0.15) is 12.4 Å². The van der Waals surface area contributed by atoms with Gasteiger partial charge in [0.25, 0.3) is 12.3 Å². The van der Waals surface area contributed by atoms with Gasteiger partial charge in [0.2, 0.25) is 5.96 Å². The van der Waals surface area contributed by atoms with E-state index in [9.17, 15) is 13.6 Å². The topological polar surface area (TPSA) is 78.0 Å². The van der Waals surface area contributed by atoms with E-state index in [2.05, 4.69) is 21.5 Å². The van der Waals surface area contributed by atoms with Crippen LogP contribution in [-0.2, 0) is 0 Å². The number of hydrogen-bond donors (Lipinski definition) is 3. The Morgan fingerprint density at radius 3 is 2.91 bits per heavy atom. The number of rotatable bonds is 5. The third-order valence-electron chi connectivity index (χ3n) is 2.71. The Bertz CT molecular complexity index is 585. The lowest BCUT2D eigenvalue weighted by Gasteiger charge is -2.14. The smallest absolute Gasteiger partial charge is 0.272 e. The Balaban J connectivity index is 2.09. The number of nitrogens with zero attached hydrogens (tertiary/aromatic N) is 2. The zero-order valence-corrected chi connectivity index (χ0v) is 12.7. The first-order valence-corrected chi connectivity index (χ1v) is 7.46. The van der Waals surface area contributed by atoms with Gasteiger partial charge in [-0.25, -0.2) is 14.3 Å². The molecule has 1 aromatic rings.